The topological polar surface area (TPSA) is 181 Å². The van der Waals surface area contributed by atoms with E-state index in [0.717, 1.165) is 13.8 Å². The lowest BCUT2D eigenvalue weighted by atomic mass is 9.71. The number of carbonyl (C=O) groups is 5. The second kappa shape index (κ2) is 17.2. The van der Waals surface area contributed by atoms with Gasteiger partial charge in [0.25, 0.3) is 0 Å². The number of carbonyl (C=O) groups excluding carboxylic acids is 5. The van der Waals surface area contributed by atoms with Crippen LogP contribution in [0.15, 0.2) is 66.3 Å². The van der Waals surface area contributed by atoms with E-state index in [2.05, 4.69) is 6.58 Å². The van der Waals surface area contributed by atoms with Gasteiger partial charge in [-0.3, -0.25) is 19.2 Å². The number of benzene rings is 1. The molecule has 0 aliphatic heterocycles. The monoisotopic (exact) mass is 742 g/mol. The molecule has 1 fully saturated rings. The summed E-state index contributed by atoms with van der Waals surface area (Å²) in [6.45, 7) is 18.4. The van der Waals surface area contributed by atoms with Crippen molar-refractivity contribution in [1.29, 1.82) is 0 Å². The summed E-state index contributed by atoms with van der Waals surface area (Å²) in [5.41, 5.74) is -4.39. The third kappa shape index (κ3) is 10.0. The Labute approximate surface area is 311 Å². The van der Waals surface area contributed by atoms with Gasteiger partial charge in [0.1, 0.15) is 41.7 Å². The molecule has 0 aromatic heterocycles. The van der Waals surface area contributed by atoms with Crippen molar-refractivity contribution in [2.45, 2.75) is 130 Å². The van der Waals surface area contributed by atoms with E-state index in [1.165, 1.54) is 26.8 Å². The van der Waals surface area contributed by atoms with Crippen molar-refractivity contribution in [2.24, 2.45) is 17.3 Å². The Morgan fingerprint density at radius 3 is 1.92 bits per heavy atom. The standard InChI is InChI=1S/C40H54O13/c1-12-22(2)37(46)52-33-24(4)32(49-25(5)41)30-35(48-20-29-16-14-13-15-17-29)39(11,53-28(8)44)21-40(30,47)34(50-26(6)42)23(3)18-19-38(9,10)36(31(33)45)51-27(7)43/h12-19,23,30-36,45,47H,4,20-21H2,1-3,5-11H3/b19-18+,22-12-/t23-,30-,31+,32-,33-,34+,35+,36+,39+,40+/m0/s1. The minimum atomic E-state index is -2.21. The van der Waals surface area contributed by atoms with E-state index < -0.39 is 94.9 Å². The third-order valence-electron chi connectivity index (χ3n) is 9.87. The van der Waals surface area contributed by atoms with Gasteiger partial charge in [0, 0.05) is 56.6 Å². The zero-order valence-electron chi connectivity index (χ0n) is 32.2. The van der Waals surface area contributed by atoms with Crippen molar-refractivity contribution >= 4 is 29.8 Å². The zero-order chi connectivity index (χ0) is 40.1. The van der Waals surface area contributed by atoms with Crippen molar-refractivity contribution in [3.05, 3.63) is 71.8 Å². The largest absolute Gasteiger partial charge is 0.459 e. The Hall–Kier alpha value is -4.33. The number of hydrogen-bond acceptors (Lipinski definition) is 13. The molecule has 292 valence electrons. The average molecular weight is 743 g/mol. The van der Waals surface area contributed by atoms with Crippen LogP contribution < -0.4 is 0 Å². The van der Waals surface area contributed by atoms with E-state index in [1.807, 2.05) is 6.07 Å². The van der Waals surface area contributed by atoms with Crippen LogP contribution in [0.1, 0.15) is 81.2 Å². The van der Waals surface area contributed by atoms with Gasteiger partial charge in [-0.05, 0) is 26.3 Å². The number of allylic oxidation sites excluding steroid dienone is 1. The van der Waals surface area contributed by atoms with Crippen LogP contribution in [0.2, 0.25) is 0 Å². The number of aliphatic hydroxyl groups is 2. The normalized spacial score (nSPS) is 33.6. The Morgan fingerprint density at radius 2 is 1.40 bits per heavy atom. The summed E-state index contributed by atoms with van der Waals surface area (Å²) >= 11 is 0. The fourth-order valence-corrected chi connectivity index (χ4v) is 7.45. The highest BCUT2D eigenvalue weighted by Crippen LogP contribution is 2.54. The molecule has 1 aromatic rings. The maximum Gasteiger partial charge on any atom is 0.334 e. The fraction of sp³-hybridized carbons (Fsp3) is 0.575. The predicted octanol–water partition coefficient (Wildman–Crippen LogP) is 4.47. The van der Waals surface area contributed by atoms with E-state index in [4.69, 9.17) is 28.4 Å². The van der Waals surface area contributed by atoms with Crippen LogP contribution in [0, 0.1) is 17.3 Å². The van der Waals surface area contributed by atoms with Crippen molar-refractivity contribution in [3.63, 3.8) is 0 Å². The molecule has 0 spiro atoms. The smallest absolute Gasteiger partial charge is 0.334 e. The molecule has 0 heterocycles. The molecule has 1 aromatic carbocycles. The second-order valence-corrected chi connectivity index (χ2v) is 14.8. The number of rotatable bonds is 9. The highest BCUT2D eigenvalue weighted by Gasteiger charge is 2.69. The first kappa shape index (κ1) is 43.1. The quantitative estimate of drug-likeness (QED) is 0.157. The van der Waals surface area contributed by atoms with Crippen LogP contribution in [0.5, 0.6) is 0 Å². The summed E-state index contributed by atoms with van der Waals surface area (Å²) in [6.07, 6.45) is -4.91. The lowest BCUT2D eigenvalue weighted by molar-refractivity contribution is -0.198. The summed E-state index contributed by atoms with van der Waals surface area (Å²) in [5, 5.41) is 25.4. The predicted molar refractivity (Wildman–Crippen MR) is 191 cm³/mol. The number of ether oxygens (including phenoxy) is 6. The lowest BCUT2D eigenvalue weighted by Gasteiger charge is -2.45. The summed E-state index contributed by atoms with van der Waals surface area (Å²) < 4.78 is 35.9. The van der Waals surface area contributed by atoms with Gasteiger partial charge in [0.2, 0.25) is 0 Å². The van der Waals surface area contributed by atoms with E-state index in [9.17, 15) is 34.2 Å². The van der Waals surface area contributed by atoms with Crippen LogP contribution in [-0.2, 0) is 59.0 Å². The van der Waals surface area contributed by atoms with Gasteiger partial charge in [0.15, 0.2) is 6.10 Å². The van der Waals surface area contributed by atoms with Crippen molar-refractivity contribution in [1.82, 2.24) is 0 Å². The zero-order valence-corrected chi connectivity index (χ0v) is 32.2. The molecule has 13 heteroatoms. The van der Waals surface area contributed by atoms with Crippen molar-refractivity contribution in [2.75, 3.05) is 0 Å². The molecular weight excluding hydrogens is 688 g/mol. The van der Waals surface area contributed by atoms with E-state index >= 15 is 0 Å². The Kier molecular flexibility index (Phi) is 14.0. The molecule has 2 N–H and O–H groups in total. The van der Waals surface area contributed by atoms with E-state index in [0.29, 0.717) is 5.56 Å². The number of fused-ring (bicyclic) bond motifs is 1. The van der Waals surface area contributed by atoms with Gasteiger partial charge in [-0.1, -0.05) is 75.9 Å². The Bertz CT molecular complexity index is 1600. The van der Waals surface area contributed by atoms with Crippen LogP contribution in [0.4, 0.5) is 0 Å². The first-order chi connectivity index (χ1) is 24.6. The summed E-state index contributed by atoms with van der Waals surface area (Å²) in [4.78, 5) is 64.5. The van der Waals surface area contributed by atoms with Crippen LogP contribution in [0.25, 0.3) is 0 Å². The fourth-order valence-electron chi connectivity index (χ4n) is 7.45. The van der Waals surface area contributed by atoms with Gasteiger partial charge in [-0.25, -0.2) is 4.79 Å². The molecule has 2 aliphatic carbocycles. The average Bonchev–Trinajstić information content (AvgIpc) is 3.28. The highest BCUT2D eigenvalue weighted by atomic mass is 16.6. The Balaban J connectivity index is 2.49. The maximum absolute atomic E-state index is 13.4. The minimum absolute atomic E-state index is 0.0634. The number of aliphatic hydroxyl groups excluding tert-OH is 1. The van der Waals surface area contributed by atoms with Gasteiger partial charge in [0.05, 0.1) is 12.5 Å². The molecule has 13 nitrogen and oxygen atoms in total. The minimum Gasteiger partial charge on any atom is -0.459 e. The molecule has 10 atom stereocenters. The second-order valence-electron chi connectivity index (χ2n) is 14.8. The molecule has 0 amide bonds. The van der Waals surface area contributed by atoms with Gasteiger partial charge < -0.3 is 38.6 Å². The van der Waals surface area contributed by atoms with E-state index in [-0.39, 0.29) is 24.2 Å². The molecule has 2 aliphatic rings. The molecule has 1 saturated carbocycles. The first-order valence-corrected chi connectivity index (χ1v) is 17.6. The summed E-state index contributed by atoms with van der Waals surface area (Å²) in [6, 6.07) is 9.02. The van der Waals surface area contributed by atoms with Crippen LogP contribution >= 0.6 is 0 Å². The molecule has 0 unspecified atom stereocenters. The molecule has 53 heavy (non-hydrogen) atoms. The summed E-state index contributed by atoms with van der Waals surface area (Å²) in [7, 11) is 0. The van der Waals surface area contributed by atoms with Crippen LogP contribution in [-0.4, -0.2) is 87.9 Å². The highest BCUT2D eigenvalue weighted by molar-refractivity contribution is 5.88. The van der Waals surface area contributed by atoms with Gasteiger partial charge in [-0.15, -0.1) is 0 Å². The van der Waals surface area contributed by atoms with E-state index in [1.54, 1.807) is 71.0 Å². The molecule has 0 bridgehead atoms. The molecule has 0 radical (unpaired) electrons. The van der Waals surface area contributed by atoms with Gasteiger partial charge in [-0.2, -0.15) is 0 Å². The number of esters is 5. The first-order valence-electron chi connectivity index (χ1n) is 17.6. The third-order valence-corrected chi connectivity index (χ3v) is 9.87. The lowest BCUT2D eigenvalue weighted by Crippen LogP contribution is -2.59. The van der Waals surface area contributed by atoms with Gasteiger partial charge >= 0.3 is 29.8 Å². The number of hydrogen-bond donors (Lipinski definition) is 2. The SMILES string of the molecule is C=C1[C@H](OC(=O)/C(C)=C\C)[C@@H](O)[C@@H](OC(C)=O)C(C)(C)/C=C/[C@H](C)[C@@H](OC(C)=O)[C@@]2(O)C[C@@](C)(OC(C)=O)[C@H](OCc3ccccc3)[C@@H]2[C@H]1OC(C)=O. The van der Waals surface area contributed by atoms with Crippen LogP contribution in [0.3, 0.4) is 0 Å². The molecule has 3 rings (SSSR count). The summed E-state index contributed by atoms with van der Waals surface area (Å²) in [5.74, 6) is -6.18. The van der Waals surface area contributed by atoms with Crippen molar-refractivity contribution in [3.8, 4) is 0 Å². The Morgan fingerprint density at radius 1 is 0.830 bits per heavy atom. The molecular formula is C40H54O13. The van der Waals surface area contributed by atoms with Crippen molar-refractivity contribution < 1.29 is 62.6 Å². The maximum atomic E-state index is 13.4. The molecule has 0 saturated heterocycles.